The molecule has 1 aromatic carbocycles. The first-order valence-electron chi connectivity index (χ1n) is 4.82. The molecule has 0 spiro atoms. The first-order valence-corrected chi connectivity index (χ1v) is 4.82. The number of hydrogen-bond acceptors (Lipinski definition) is 3. The van der Waals surface area contributed by atoms with E-state index in [0.717, 1.165) is 12.1 Å². The summed E-state index contributed by atoms with van der Waals surface area (Å²) in [6.45, 7) is 3.73. The Bertz CT molecular complexity index is 560. The number of halogens is 1. The molecule has 0 saturated carbocycles. The van der Waals surface area contributed by atoms with E-state index in [4.69, 9.17) is 9.52 Å². The normalized spacial score (nSPS) is 11.2. The van der Waals surface area contributed by atoms with Crippen LogP contribution in [0, 0.1) is 5.82 Å². The third-order valence-corrected chi connectivity index (χ3v) is 2.20. The fraction of sp³-hybridized carbons (Fsp3) is 0.273. The number of carboxylic acids is 1. The van der Waals surface area contributed by atoms with Gasteiger partial charge in [0, 0.05) is 12.0 Å². The van der Waals surface area contributed by atoms with Crippen LogP contribution in [0.5, 0.6) is 0 Å². The summed E-state index contributed by atoms with van der Waals surface area (Å²) in [4.78, 5) is 14.9. The van der Waals surface area contributed by atoms with E-state index in [1.54, 1.807) is 0 Å². The van der Waals surface area contributed by atoms with E-state index in [0.29, 0.717) is 5.89 Å². The third kappa shape index (κ3) is 1.64. The molecule has 1 N–H and O–H groups in total. The van der Waals surface area contributed by atoms with Gasteiger partial charge in [0.05, 0.1) is 0 Å². The SMILES string of the molecule is CC(C)c1nc2cc(F)cc(C(=O)O)c2o1. The van der Waals surface area contributed by atoms with Crippen molar-refractivity contribution in [2.75, 3.05) is 0 Å². The Morgan fingerprint density at radius 2 is 2.19 bits per heavy atom. The average molecular weight is 223 g/mol. The molecule has 0 aliphatic rings. The van der Waals surface area contributed by atoms with Crippen LogP contribution < -0.4 is 0 Å². The summed E-state index contributed by atoms with van der Waals surface area (Å²) in [5, 5.41) is 8.90. The number of carboxylic acid groups (broad SMARTS) is 1. The van der Waals surface area contributed by atoms with Crippen molar-refractivity contribution >= 4 is 17.1 Å². The van der Waals surface area contributed by atoms with Crippen molar-refractivity contribution in [2.45, 2.75) is 19.8 Å². The predicted molar refractivity (Wildman–Crippen MR) is 55.0 cm³/mol. The molecule has 2 aromatic rings. The Hall–Kier alpha value is -1.91. The summed E-state index contributed by atoms with van der Waals surface area (Å²) in [5.41, 5.74) is 0.160. The molecule has 4 nitrogen and oxygen atoms in total. The molecule has 1 heterocycles. The van der Waals surface area contributed by atoms with Gasteiger partial charge in [-0.1, -0.05) is 13.8 Å². The monoisotopic (exact) mass is 223 g/mol. The van der Waals surface area contributed by atoms with Crippen LogP contribution in [0.1, 0.15) is 36.0 Å². The van der Waals surface area contributed by atoms with Gasteiger partial charge in [0.2, 0.25) is 0 Å². The topological polar surface area (TPSA) is 63.3 Å². The number of nitrogens with zero attached hydrogens (tertiary/aromatic N) is 1. The lowest BCUT2D eigenvalue weighted by Gasteiger charge is -1.96. The smallest absolute Gasteiger partial charge is 0.339 e. The lowest BCUT2D eigenvalue weighted by molar-refractivity contribution is 0.0697. The van der Waals surface area contributed by atoms with Crippen molar-refractivity contribution in [3.63, 3.8) is 0 Å². The lowest BCUT2D eigenvalue weighted by Crippen LogP contribution is -1.97. The number of hydrogen-bond donors (Lipinski definition) is 1. The minimum atomic E-state index is -1.23. The van der Waals surface area contributed by atoms with Crippen LogP contribution in [0.15, 0.2) is 16.5 Å². The molecule has 0 amide bonds. The maximum Gasteiger partial charge on any atom is 0.339 e. The first kappa shape index (κ1) is 10.6. The quantitative estimate of drug-likeness (QED) is 0.850. The first-order chi connectivity index (χ1) is 7.49. The molecule has 5 heteroatoms. The molecule has 2 rings (SSSR count). The molecule has 0 saturated heterocycles. The van der Waals surface area contributed by atoms with Gasteiger partial charge < -0.3 is 9.52 Å². The summed E-state index contributed by atoms with van der Waals surface area (Å²) in [6, 6.07) is 2.09. The standard InChI is InChI=1S/C11H10FNO3/c1-5(2)10-13-8-4-6(12)3-7(11(14)15)9(8)16-10/h3-5H,1-2H3,(H,14,15). The number of rotatable bonds is 2. The van der Waals surface area contributed by atoms with Gasteiger partial charge in [-0.25, -0.2) is 14.2 Å². The lowest BCUT2D eigenvalue weighted by atomic mass is 10.2. The maximum absolute atomic E-state index is 13.1. The van der Waals surface area contributed by atoms with Crippen LogP contribution in [0.2, 0.25) is 0 Å². The second kappa shape index (κ2) is 3.59. The molecule has 0 atom stereocenters. The fourth-order valence-corrected chi connectivity index (χ4v) is 1.42. The van der Waals surface area contributed by atoms with Crippen LogP contribution in [0.25, 0.3) is 11.1 Å². The van der Waals surface area contributed by atoms with Crippen molar-refractivity contribution in [1.82, 2.24) is 4.98 Å². The highest BCUT2D eigenvalue weighted by Gasteiger charge is 2.17. The summed E-state index contributed by atoms with van der Waals surface area (Å²) < 4.78 is 18.4. The molecule has 0 aliphatic heterocycles. The highest BCUT2D eigenvalue weighted by molar-refractivity contribution is 5.99. The Morgan fingerprint density at radius 3 is 2.75 bits per heavy atom. The predicted octanol–water partition coefficient (Wildman–Crippen LogP) is 2.79. The van der Waals surface area contributed by atoms with Gasteiger partial charge >= 0.3 is 5.97 Å². The minimum Gasteiger partial charge on any atom is -0.478 e. The Morgan fingerprint density at radius 1 is 1.50 bits per heavy atom. The van der Waals surface area contributed by atoms with E-state index in [1.807, 2.05) is 13.8 Å². The Balaban J connectivity index is 2.75. The van der Waals surface area contributed by atoms with E-state index in [2.05, 4.69) is 4.98 Å². The third-order valence-electron chi connectivity index (χ3n) is 2.20. The van der Waals surface area contributed by atoms with Crippen molar-refractivity contribution in [2.24, 2.45) is 0 Å². The maximum atomic E-state index is 13.1. The van der Waals surface area contributed by atoms with Gasteiger partial charge in [0.25, 0.3) is 0 Å². The van der Waals surface area contributed by atoms with E-state index in [9.17, 15) is 9.18 Å². The molecule has 84 valence electrons. The minimum absolute atomic E-state index is 0.0251. The van der Waals surface area contributed by atoms with Crippen LogP contribution >= 0.6 is 0 Å². The van der Waals surface area contributed by atoms with Gasteiger partial charge in [-0.3, -0.25) is 0 Å². The summed E-state index contributed by atoms with van der Waals surface area (Å²) in [6.07, 6.45) is 0. The van der Waals surface area contributed by atoms with Crippen LogP contribution in [0.4, 0.5) is 4.39 Å². The highest BCUT2D eigenvalue weighted by Crippen LogP contribution is 2.25. The zero-order chi connectivity index (χ0) is 11.9. The van der Waals surface area contributed by atoms with Gasteiger partial charge in [0.1, 0.15) is 16.9 Å². The zero-order valence-corrected chi connectivity index (χ0v) is 8.82. The second-order valence-corrected chi connectivity index (χ2v) is 3.81. The molecule has 0 fully saturated rings. The largest absolute Gasteiger partial charge is 0.478 e. The summed E-state index contributed by atoms with van der Waals surface area (Å²) in [7, 11) is 0. The molecule has 0 aliphatic carbocycles. The number of fused-ring (bicyclic) bond motifs is 1. The number of aromatic nitrogens is 1. The number of oxazole rings is 1. The number of carbonyl (C=O) groups is 1. The summed E-state index contributed by atoms with van der Waals surface area (Å²) >= 11 is 0. The van der Waals surface area contributed by atoms with Gasteiger partial charge in [-0.2, -0.15) is 0 Å². The molecule has 0 bridgehead atoms. The van der Waals surface area contributed by atoms with E-state index in [1.165, 1.54) is 0 Å². The van der Waals surface area contributed by atoms with E-state index >= 15 is 0 Å². The van der Waals surface area contributed by atoms with Crippen LogP contribution in [-0.2, 0) is 0 Å². The van der Waals surface area contributed by atoms with Gasteiger partial charge in [0.15, 0.2) is 11.5 Å². The fourth-order valence-electron chi connectivity index (χ4n) is 1.42. The second-order valence-electron chi connectivity index (χ2n) is 3.81. The van der Waals surface area contributed by atoms with Crippen LogP contribution in [-0.4, -0.2) is 16.1 Å². The molecule has 1 aromatic heterocycles. The van der Waals surface area contributed by atoms with E-state index < -0.39 is 11.8 Å². The Kier molecular flexibility index (Phi) is 2.38. The Labute approximate surface area is 90.7 Å². The average Bonchev–Trinajstić information content (AvgIpc) is 2.59. The molecule has 16 heavy (non-hydrogen) atoms. The van der Waals surface area contributed by atoms with Gasteiger partial charge in [-0.15, -0.1) is 0 Å². The van der Waals surface area contributed by atoms with Crippen LogP contribution in [0.3, 0.4) is 0 Å². The van der Waals surface area contributed by atoms with Crippen molar-refractivity contribution in [3.05, 3.63) is 29.4 Å². The van der Waals surface area contributed by atoms with Crippen molar-refractivity contribution in [3.8, 4) is 0 Å². The van der Waals surface area contributed by atoms with Gasteiger partial charge in [-0.05, 0) is 6.07 Å². The number of benzene rings is 1. The highest BCUT2D eigenvalue weighted by atomic mass is 19.1. The molecule has 0 unspecified atom stereocenters. The summed E-state index contributed by atoms with van der Waals surface area (Å²) in [5.74, 6) is -1.43. The van der Waals surface area contributed by atoms with E-state index in [-0.39, 0.29) is 22.6 Å². The van der Waals surface area contributed by atoms with Crippen molar-refractivity contribution in [1.29, 1.82) is 0 Å². The molecule has 0 radical (unpaired) electrons. The number of aromatic carboxylic acids is 1. The molecular formula is C11H10FNO3. The van der Waals surface area contributed by atoms with Crippen molar-refractivity contribution < 1.29 is 18.7 Å². The molecular weight excluding hydrogens is 213 g/mol. The zero-order valence-electron chi connectivity index (χ0n) is 8.82.